The molecule has 3 heteroatoms. The van der Waals surface area contributed by atoms with Crippen molar-refractivity contribution in [2.24, 2.45) is 0 Å². The van der Waals surface area contributed by atoms with Crippen molar-refractivity contribution in [1.82, 2.24) is 9.80 Å². The number of benzene rings is 1. The molecule has 0 N–H and O–H groups in total. The van der Waals surface area contributed by atoms with Gasteiger partial charge in [-0.15, -0.1) is 0 Å². The summed E-state index contributed by atoms with van der Waals surface area (Å²) in [6.45, 7) is 8.26. The van der Waals surface area contributed by atoms with Gasteiger partial charge in [0.25, 0.3) is 0 Å². The minimum atomic E-state index is -0.264. The molecule has 0 aromatic heterocycles. The zero-order valence-corrected chi connectivity index (χ0v) is 14.6. The molecule has 1 saturated heterocycles. The maximum absolute atomic E-state index is 13.5. The van der Waals surface area contributed by atoms with Crippen molar-refractivity contribution >= 4 is 5.91 Å². The molecule has 0 bridgehead atoms. The maximum atomic E-state index is 13.5. The fourth-order valence-corrected chi connectivity index (χ4v) is 4.28. The average molecular weight is 314 g/mol. The Balaban J connectivity index is 1.79. The van der Waals surface area contributed by atoms with E-state index in [0.29, 0.717) is 11.9 Å². The fourth-order valence-electron chi connectivity index (χ4n) is 4.28. The molecule has 1 amide bonds. The van der Waals surface area contributed by atoms with E-state index < -0.39 is 0 Å². The molecule has 3 rings (SSSR count). The number of carbonyl (C=O) groups is 1. The zero-order valence-electron chi connectivity index (χ0n) is 14.6. The summed E-state index contributed by atoms with van der Waals surface area (Å²) in [6.07, 6.45) is 5.64. The Morgan fingerprint density at radius 1 is 0.957 bits per heavy atom. The van der Waals surface area contributed by atoms with E-state index >= 15 is 0 Å². The van der Waals surface area contributed by atoms with Crippen LogP contribution in [-0.4, -0.2) is 47.9 Å². The highest BCUT2D eigenvalue weighted by Gasteiger charge is 2.43. The molecule has 0 radical (unpaired) electrons. The first kappa shape index (κ1) is 16.5. The van der Waals surface area contributed by atoms with Crippen molar-refractivity contribution in [1.29, 1.82) is 0 Å². The second-order valence-corrected chi connectivity index (χ2v) is 7.43. The number of carbonyl (C=O) groups excluding carboxylic acids is 1. The molecule has 1 aliphatic heterocycles. The summed E-state index contributed by atoms with van der Waals surface area (Å²) >= 11 is 0. The number of hydrogen-bond acceptors (Lipinski definition) is 2. The summed E-state index contributed by atoms with van der Waals surface area (Å²) < 4.78 is 0. The fraction of sp³-hybridized carbons (Fsp3) is 0.650. The Morgan fingerprint density at radius 3 is 2.13 bits per heavy atom. The predicted octanol–water partition coefficient (Wildman–Crippen LogP) is 3.44. The van der Waals surface area contributed by atoms with Crippen LogP contribution >= 0.6 is 0 Å². The molecule has 0 unspecified atom stereocenters. The van der Waals surface area contributed by atoms with Gasteiger partial charge in [-0.3, -0.25) is 9.69 Å². The second-order valence-electron chi connectivity index (χ2n) is 7.43. The van der Waals surface area contributed by atoms with Crippen molar-refractivity contribution in [2.45, 2.75) is 57.4 Å². The minimum Gasteiger partial charge on any atom is -0.339 e. The SMILES string of the molecule is CC(C)N1CCN(C(=O)C2(c3ccccc3)CCCCC2)CC1. The van der Waals surface area contributed by atoms with E-state index in [1.807, 2.05) is 6.07 Å². The lowest BCUT2D eigenvalue weighted by Gasteiger charge is -2.44. The summed E-state index contributed by atoms with van der Waals surface area (Å²) in [5.74, 6) is 0.381. The van der Waals surface area contributed by atoms with E-state index in [0.717, 1.165) is 39.0 Å². The largest absolute Gasteiger partial charge is 0.339 e. The molecule has 1 aromatic rings. The van der Waals surface area contributed by atoms with Gasteiger partial charge < -0.3 is 4.90 Å². The van der Waals surface area contributed by atoms with E-state index in [1.54, 1.807) is 0 Å². The quantitative estimate of drug-likeness (QED) is 0.853. The molecular formula is C20H30N2O. The van der Waals surface area contributed by atoms with Crippen LogP contribution in [0.25, 0.3) is 0 Å². The van der Waals surface area contributed by atoms with Gasteiger partial charge in [-0.25, -0.2) is 0 Å². The van der Waals surface area contributed by atoms with E-state index in [1.165, 1.54) is 24.8 Å². The molecule has 23 heavy (non-hydrogen) atoms. The Hall–Kier alpha value is -1.35. The number of rotatable bonds is 3. The molecule has 3 nitrogen and oxygen atoms in total. The Bertz CT molecular complexity index is 512. The third-order valence-corrected chi connectivity index (χ3v) is 5.77. The van der Waals surface area contributed by atoms with Crippen molar-refractivity contribution in [3.63, 3.8) is 0 Å². The monoisotopic (exact) mass is 314 g/mol. The zero-order chi connectivity index (χ0) is 16.3. The lowest BCUT2D eigenvalue weighted by atomic mass is 9.68. The lowest BCUT2D eigenvalue weighted by molar-refractivity contribution is -0.141. The van der Waals surface area contributed by atoms with Crippen molar-refractivity contribution in [3.8, 4) is 0 Å². The van der Waals surface area contributed by atoms with E-state index in [4.69, 9.17) is 0 Å². The van der Waals surface area contributed by atoms with Crippen LogP contribution in [0, 0.1) is 0 Å². The number of hydrogen-bond donors (Lipinski definition) is 0. The second kappa shape index (κ2) is 7.04. The molecule has 1 aliphatic carbocycles. The van der Waals surface area contributed by atoms with E-state index in [2.05, 4.69) is 47.9 Å². The van der Waals surface area contributed by atoms with Gasteiger partial charge in [-0.05, 0) is 32.3 Å². The van der Waals surface area contributed by atoms with E-state index in [-0.39, 0.29) is 5.41 Å². The van der Waals surface area contributed by atoms with Crippen LogP contribution in [0.1, 0.15) is 51.5 Å². The van der Waals surface area contributed by atoms with Crippen molar-refractivity contribution in [3.05, 3.63) is 35.9 Å². The molecule has 1 saturated carbocycles. The van der Waals surface area contributed by atoms with Crippen LogP contribution in [0.3, 0.4) is 0 Å². The molecule has 0 atom stereocenters. The standard InChI is InChI=1S/C20H30N2O/c1-17(2)21-13-15-22(16-14-21)19(23)20(11-7-4-8-12-20)18-9-5-3-6-10-18/h3,5-6,9-10,17H,4,7-8,11-16H2,1-2H3. The normalized spacial score (nSPS) is 22.3. The molecule has 126 valence electrons. The molecule has 1 heterocycles. The summed E-state index contributed by atoms with van der Waals surface area (Å²) in [7, 11) is 0. The number of amides is 1. The van der Waals surface area contributed by atoms with Gasteiger partial charge in [-0.2, -0.15) is 0 Å². The highest BCUT2D eigenvalue weighted by molar-refractivity contribution is 5.88. The van der Waals surface area contributed by atoms with Gasteiger partial charge in [-0.1, -0.05) is 49.6 Å². The Labute approximate surface area is 140 Å². The van der Waals surface area contributed by atoms with Gasteiger partial charge in [0.2, 0.25) is 5.91 Å². The van der Waals surface area contributed by atoms with Crippen LogP contribution in [0.15, 0.2) is 30.3 Å². The Morgan fingerprint density at radius 2 is 1.57 bits per heavy atom. The summed E-state index contributed by atoms with van der Waals surface area (Å²) in [5.41, 5.74) is 0.968. The van der Waals surface area contributed by atoms with Crippen molar-refractivity contribution in [2.75, 3.05) is 26.2 Å². The molecule has 2 aliphatic rings. The van der Waals surface area contributed by atoms with Crippen LogP contribution < -0.4 is 0 Å². The Kier molecular flexibility index (Phi) is 5.05. The average Bonchev–Trinajstić information content (AvgIpc) is 2.62. The van der Waals surface area contributed by atoms with Gasteiger partial charge in [0.05, 0.1) is 5.41 Å². The maximum Gasteiger partial charge on any atom is 0.233 e. The van der Waals surface area contributed by atoms with Gasteiger partial charge in [0.1, 0.15) is 0 Å². The smallest absolute Gasteiger partial charge is 0.233 e. The van der Waals surface area contributed by atoms with Crippen LogP contribution in [0.4, 0.5) is 0 Å². The highest BCUT2D eigenvalue weighted by atomic mass is 16.2. The topological polar surface area (TPSA) is 23.6 Å². The summed E-state index contributed by atoms with van der Waals surface area (Å²) in [5, 5.41) is 0. The number of piperazine rings is 1. The first-order valence-electron chi connectivity index (χ1n) is 9.22. The third kappa shape index (κ3) is 3.30. The number of nitrogens with zero attached hydrogens (tertiary/aromatic N) is 2. The minimum absolute atomic E-state index is 0.264. The predicted molar refractivity (Wildman–Crippen MR) is 94.5 cm³/mol. The third-order valence-electron chi connectivity index (χ3n) is 5.77. The molecule has 2 fully saturated rings. The summed E-state index contributed by atoms with van der Waals surface area (Å²) in [6, 6.07) is 11.1. The summed E-state index contributed by atoms with van der Waals surface area (Å²) in [4.78, 5) is 18.1. The molecule has 0 spiro atoms. The van der Waals surface area contributed by atoms with Gasteiger partial charge in [0, 0.05) is 32.2 Å². The molecule has 1 aromatic carbocycles. The van der Waals surface area contributed by atoms with Crippen molar-refractivity contribution < 1.29 is 4.79 Å². The van der Waals surface area contributed by atoms with Gasteiger partial charge in [0.15, 0.2) is 0 Å². The van der Waals surface area contributed by atoms with Gasteiger partial charge >= 0.3 is 0 Å². The van der Waals surface area contributed by atoms with Crippen LogP contribution in [0.5, 0.6) is 0 Å². The lowest BCUT2D eigenvalue weighted by Crippen LogP contribution is -2.56. The van der Waals surface area contributed by atoms with Crippen LogP contribution in [0.2, 0.25) is 0 Å². The first-order chi connectivity index (χ1) is 11.1. The molecular weight excluding hydrogens is 284 g/mol. The van der Waals surface area contributed by atoms with E-state index in [9.17, 15) is 4.79 Å². The highest BCUT2D eigenvalue weighted by Crippen LogP contribution is 2.41. The van der Waals surface area contributed by atoms with Crippen LogP contribution in [-0.2, 0) is 10.2 Å². The first-order valence-corrected chi connectivity index (χ1v) is 9.22.